The summed E-state index contributed by atoms with van der Waals surface area (Å²) in [6, 6.07) is 5.36. The van der Waals surface area contributed by atoms with Gasteiger partial charge in [-0.05, 0) is 18.6 Å². The molecule has 1 aliphatic rings. The molecule has 18 heavy (non-hydrogen) atoms. The number of anilines is 1. The molecule has 0 fully saturated rings. The third-order valence-corrected chi connectivity index (χ3v) is 3.08. The Hall–Kier alpha value is -0.970. The highest BCUT2D eigenvalue weighted by atomic mass is 35.5. The summed E-state index contributed by atoms with van der Waals surface area (Å²) in [4.78, 5) is 9.91. The summed E-state index contributed by atoms with van der Waals surface area (Å²) in [5, 5.41) is 5.99. The maximum atomic E-state index is 6.10. The van der Waals surface area contributed by atoms with Gasteiger partial charge >= 0.3 is 0 Å². The predicted octanol–water partition coefficient (Wildman–Crippen LogP) is 3.42. The first-order valence-corrected chi connectivity index (χ1v) is 6.64. The first-order valence-electron chi connectivity index (χ1n) is 5.88. The third-order valence-electron chi connectivity index (χ3n) is 2.45. The Kier molecular flexibility index (Phi) is 4.69. The lowest BCUT2D eigenvalue weighted by molar-refractivity contribution is -0.0907. The first kappa shape index (κ1) is 13.5. The molecule has 1 aromatic carbocycles. The highest BCUT2D eigenvalue weighted by molar-refractivity contribution is 6.39. The lowest BCUT2D eigenvalue weighted by atomic mass is 10.3. The van der Waals surface area contributed by atoms with Crippen molar-refractivity contribution in [1.82, 2.24) is 5.06 Å². The predicted molar refractivity (Wildman–Crippen MR) is 75.3 cm³/mol. The fourth-order valence-corrected chi connectivity index (χ4v) is 2.08. The smallest absolute Gasteiger partial charge is 0.223 e. The maximum absolute atomic E-state index is 6.10. The lowest BCUT2D eigenvalue weighted by Crippen LogP contribution is -2.33. The Labute approximate surface area is 116 Å². The maximum Gasteiger partial charge on any atom is 0.223 e. The van der Waals surface area contributed by atoms with Gasteiger partial charge in [-0.15, -0.1) is 0 Å². The Morgan fingerprint density at radius 2 is 2.11 bits per heavy atom. The van der Waals surface area contributed by atoms with Crippen molar-refractivity contribution in [3.8, 4) is 0 Å². The average molecular weight is 288 g/mol. The van der Waals surface area contributed by atoms with E-state index in [9.17, 15) is 0 Å². The Balaban J connectivity index is 2.08. The number of nitrogens with zero attached hydrogens (tertiary/aromatic N) is 2. The van der Waals surface area contributed by atoms with E-state index in [-0.39, 0.29) is 0 Å². The molecule has 0 saturated heterocycles. The van der Waals surface area contributed by atoms with Gasteiger partial charge in [0.05, 0.1) is 35.4 Å². The molecule has 4 nitrogen and oxygen atoms in total. The number of hydroxylamine groups is 2. The molecule has 1 N–H and O–H groups in total. The number of aliphatic imine (C=N–C) groups is 1. The molecule has 6 heteroatoms. The third kappa shape index (κ3) is 3.07. The summed E-state index contributed by atoms with van der Waals surface area (Å²) in [5.74, 6) is 0.651. The Morgan fingerprint density at radius 3 is 2.78 bits per heavy atom. The number of rotatable bonds is 4. The van der Waals surface area contributed by atoms with Crippen LogP contribution in [0, 0.1) is 0 Å². The molecule has 98 valence electrons. The molecule has 2 rings (SSSR count). The van der Waals surface area contributed by atoms with Crippen molar-refractivity contribution in [2.45, 2.75) is 13.3 Å². The topological polar surface area (TPSA) is 36.9 Å². The second-order valence-corrected chi connectivity index (χ2v) is 4.68. The zero-order valence-corrected chi connectivity index (χ0v) is 11.6. The van der Waals surface area contributed by atoms with Crippen molar-refractivity contribution in [3.05, 3.63) is 28.2 Å². The van der Waals surface area contributed by atoms with Gasteiger partial charge in [0.1, 0.15) is 0 Å². The molecule has 0 bridgehead atoms. The number of halogens is 2. The van der Waals surface area contributed by atoms with Crippen LogP contribution in [0.3, 0.4) is 0 Å². The quantitative estimate of drug-likeness (QED) is 0.922. The van der Waals surface area contributed by atoms with Gasteiger partial charge in [0, 0.05) is 0 Å². The molecule has 0 radical (unpaired) electrons. The average Bonchev–Trinajstić information content (AvgIpc) is 2.79. The van der Waals surface area contributed by atoms with E-state index < -0.39 is 0 Å². The fourth-order valence-electron chi connectivity index (χ4n) is 1.59. The molecule has 0 atom stereocenters. The summed E-state index contributed by atoms with van der Waals surface area (Å²) >= 11 is 12.2. The van der Waals surface area contributed by atoms with Gasteiger partial charge in [-0.1, -0.05) is 36.2 Å². The van der Waals surface area contributed by atoms with E-state index in [1.807, 2.05) is 0 Å². The number of benzene rings is 1. The summed E-state index contributed by atoms with van der Waals surface area (Å²) in [7, 11) is 0. The summed E-state index contributed by atoms with van der Waals surface area (Å²) in [6.45, 7) is 4.17. The van der Waals surface area contributed by atoms with Gasteiger partial charge in [-0.25, -0.2) is 10.1 Å². The van der Waals surface area contributed by atoms with E-state index in [0.717, 1.165) is 13.0 Å². The normalized spacial score (nSPS) is 14.8. The number of guanidine groups is 1. The minimum absolute atomic E-state index is 0.563. The van der Waals surface area contributed by atoms with Crippen LogP contribution in [0.25, 0.3) is 0 Å². The van der Waals surface area contributed by atoms with Crippen LogP contribution in [0.5, 0.6) is 0 Å². The van der Waals surface area contributed by atoms with Crippen molar-refractivity contribution < 1.29 is 4.84 Å². The summed E-state index contributed by atoms with van der Waals surface area (Å²) < 4.78 is 0. The summed E-state index contributed by atoms with van der Waals surface area (Å²) in [5.41, 5.74) is 0.659. The minimum atomic E-state index is 0.563. The van der Waals surface area contributed by atoms with Gasteiger partial charge < -0.3 is 5.32 Å². The number of hydrogen-bond donors (Lipinski definition) is 1. The van der Waals surface area contributed by atoms with E-state index >= 15 is 0 Å². The van der Waals surface area contributed by atoms with Crippen LogP contribution in [-0.4, -0.2) is 30.7 Å². The molecule has 0 amide bonds. The molecule has 0 saturated carbocycles. The molecule has 0 aromatic heterocycles. The van der Waals surface area contributed by atoms with Crippen molar-refractivity contribution in [2.75, 3.05) is 25.0 Å². The molecule has 0 unspecified atom stereocenters. The Bertz CT molecular complexity index is 431. The highest BCUT2D eigenvalue weighted by Gasteiger charge is 2.19. The molecule has 1 aliphatic heterocycles. The molecule has 1 aromatic rings. The van der Waals surface area contributed by atoms with Gasteiger partial charge in [-0.3, -0.25) is 4.84 Å². The first-order chi connectivity index (χ1) is 8.72. The van der Waals surface area contributed by atoms with E-state index in [2.05, 4.69) is 17.2 Å². The lowest BCUT2D eigenvalue weighted by Gasteiger charge is -2.20. The highest BCUT2D eigenvalue weighted by Crippen LogP contribution is 2.30. The fraction of sp³-hybridized carbons (Fsp3) is 0.417. The number of hydrogen-bond acceptors (Lipinski definition) is 4. The van der Waals surface area contributed by atoms with Crippen molar-refractivity contribution in [2.24, 2.45) is 4.99 Å². The van der Waals surface area contributed by atoms with Crippen LogP contribution in [0.15, 0.2) is 23.2 Å². The second kappa shape index (κ2) is 6.27. The van der Waals surface area contributed by atoms with Crippen molar-refractivity contribution >= 4 is 34.8 Å². The van der Waals surface area contributed by atoms with Gasteiger partial charge in [0.15, 0.2) is 0 Å². The van der Waals surface area contributed by atoms with E-state index in [1.165, 1.54) is 0 Å². The van der Waals surface area contributed by atoms with Crippen molar-refractivity contribution in [1.29, 1.82) is 0 Å². The molecule has 0 aliphatic carbocycles. The zero-order valence-electron chi connectivity index (χ0n) is 10.1. The molecule has 1 heterocycles. The molecular formula is C12H15Cl2N3O. The van der Waals surface area contributed by atoms with E-state index in [0.29, 0.717) is 34.8 Å². The molecule has 0 spiro atoms. The van der Waals surface area contributed by atoms with Crippen LogP contribution in [0.1, 0.15) is 13.3 Å². The largest absolute Gasteiger partial charge is 0.322 e. The van der Waals surface area contributed by atoms with Gasteiger partial charge in [0.25, 0.3) is 0 Å². The standard InChI is InChI=1S/C12H15Cl2N3O/c1-2-8-18-17-7-6-15-12(17)16-11-9(13)4-3-5-10(11)14/h3-5H,2,6-8H2,1H3,(H,15,16). The summed E-state index contributed by atoms with van der Waals surface area (Å²) in [6.07, 6.45) is 0.955. The van der Waals surface area contributed by atoms with E-state index in [1.54, 1.807) is 23.3 Å². The van der Waals surface area contributed by atoms with Crippen LogP contribution in [-0.2, 0) is 4.84 Å². The Morgan fingerprint density at radius 1 is 1.39 bits per heavy atom. The zero-order chi connectivity index (χ0) is 13.0. The van der Waals surface area contributed by atoms with E-state index in [4.69, 9.17) is 28.0 Å². The van der Waals surface area contributed by atoms with Crippen molar-refractivity contribution in [3.63, 3.8) is 0 Å². The van der Waals surface area contributed by atoms with Gasteiger partial charge in [-0.2, -0.15) is 0 Å². The SMILES string of the molecule is CCCON1CCN=C1Nc1c(Cl)cccc1Cl. The second-order valence-electron chi connectivity index (χ2n) is 3.86. The number of nitrogens with one attached hydrogen (secondary N) is 1. The van der Waals surface area contributed by atoms with Crippen LogP contribution < -0.4 is 5.32 Å². The van der Waals surface area contributed by atoms with Gasteiger partial charge in [0.2, 0.25) is 5.96 Å². The number of para-hydroxylation sites is 1. The van der Waals surface area contributed by atoms with Crippen LogP contribution in [0.2, 0.25) is 10.0 Å². The van der Waals surface area contributed by atoms with Crippen LogP contribution >= 0.6 is 23.2 Å². The monoisotopic (exact) mass is 287 g/mol. The van der Waals surface area contributed by atoms with Crippen LogP contribution in [0.4, 0.5) is 5.69 Å². The molecular weight excluding hydrogens is 273 g/mol. The minimum Gasteiger partial charge on any atom is -0.322 e.